The maximum absolute atomic E-state index is 13.0. The van der Waals surface area contributed by atoms with Gasteiger partial charge in [0.2, 0.25) is 11.9 Å². The summed E-state index contributed by atoms with van der Waals surface area (Å²) in [7, 11) is 1.28. The van der Waals surface area contributed by atoms with Gasteiger partial charge in [-0.05, 0) is 29.7 Å². The van der Waals surface area contributed by atoms with E-state index in [1.54, 1.807) is 18.2 Å². The van der Waals surface area contributed by atoms with Crippen LogP contribution in [-0.2, 0) is 22.1 Å². The number of ether oxygens (including phenoxy) is 1. The zero-order valence-electron chi connectivity index (χ0n) is 19.1. The summed E-state index contributed by atoms with van der Waals surface area (Å²) in [4.78, 5) is 32.4. The molecule has 0 aliphatic heterocycles. The number of halogens is 3. The first-order valence-electron chi connectivity index (χ1n) is 10.3. The molecule has 0 radical (unpaired) electrons. The summed E-state index contributed by atoms with van der Waals surface area (Å²) in [5.74, 6) is -0.0485. The van der Waals surface area contributed by atoms with Crippen molar-refractivity contribution in [3.05, 3.63) is 47.9 Å². The highest BCUT2D eigenvalue weighted by atomic mass is 19.4. The zero-order chi connectivity index (χ0) is 24.9. The average Bonchev–Trinajstić information content (AvgIpc) is 2.77. The van der Waals surface area contributed by atoms with Crippen LogP contribution in [0.5, 0.6) is 0 Å². The summed E-state index contributed by atoms with van der Waals surface area (Å²) >= 11 is 0. The molecule has 0 saturated heterocycles. The highest BCUT2D eigenvalue weighted by molar-refractivity contribution is 5.72. The van der Waals surface area contributed by atoms with E-state index >= 15 is 0 Å². The van der Waals surface area contributed by atoms with E-state index in [0.29, 0.717) is 17.9 Å². The number of hydrogen-bond donors (Lipinski definition) is 2. The zero-order valence-corrected chi connectivity index (χ0v) is 19.1. The fourth-order valence-corrected chi connectivity index (χ4v) is 2.68. The molecule has 0 aromatic carbocycles. The molecule has 180 valence electrons. The van der Waals surface area contributed by atoms with Gasteiger partial charge >= 0.3 is 12.1 Å². The summed E-state index contributed by atoms with van der Waals surface area (Å²) in [6, 6.07) is 7.24. The molecule has 0 aliphatic carbocycles. The smallest absolute Gasteiger partial charge is 0.433 e. The number of esters is 1. The number of rotatable bonds is 7. The van der Waals surface area contributed by atoms with E-state index in [1.165, 1.54) is 13.2 Å². The molecule has 0 saturated carbocycles. The fourth-order valence-electron chi connectivity index (χ4n) is 2.68. The van der Waals surface area contributed by atoms with Gasteiger partial charge in [0, 0.05) is 18.4 Å². The molecule has 3 aromatic heterocycles. The molecule has 0 spiro atoms. The van der Waals surface area contributed by atoms with E-state index in [4.69, 9.17) is 0 Å². The van der Waals surface area contributed by atoms with Crippen LogP contribution in [0.2, 0.25) is 0 Å². The Bertz CT molecular complexity index is 1160. The Morgan fingerprint density at radius 1 is 1.03 bits per heavy atom. The van der Waals surface area contributed by atoms with Gasteiger partial charge in [-0.15, -0.1) is 0 Å². The predicted octanol–water partition coefficient (Wildman–Crippen LogP) is 4.26. The van der Waals surface area contributed by atoms with Gasteiger partial charge < -0.3 is 15.4 Å². The van der Waals surface area contributed by atoms with Crippen LogP contribution in [0.4, 0.5) is 30.8 Å². The second-order valence-electron chi connectivity index (χ2n) is 8.54. The van der Waals surface area contributed by atoms with E-state index in [9.17, 15) is 18.0 Å². The summed E-state index contributed by atoms with van der Waals surface area (Å²) in [5, 5.41) is 5.89. The summed E-state index contributed by atoms with van der Waals surface area (Å²) < 4.78 is 43.8. The maximum atomic E-state index is 13.0. The third-order valence-corrected chi connectivity index (χ3v) is 4.31. The first-order chi connectivity index (χ1) is 15.9. The van der Waals surface area contributed by atoms with Gasteiger partial charge in [0.05, 0.1) is 19.2 Å². The molecule has 2 N–H and O–H groups in total. The number of alkyl halides is 3. The van der Waals surface area contributed by atoms with Gasteiger partial charge in [0.1, 0.15) is 11.4 Å². The van der Waals surface area contributed by atoms with Gasteiger partial charge in [-0.3, -0.25) is 9.78 Å². The largest absolute Gasteiger partial charge is 0.469 e. The number of anilines is 3. The topological polar surface area (TPSA) is 115 Å². The molecule has 3 heterocycles. The lowest BCUT2D eigenvalue weighted by atomic mass is 9.97. The van der Waals surface area contributed by atoms with Crippen molar-refractivity contribution < 1.29 is 22.7 Å². The minimum Gasteiger partial charge on any atom is -0.469 e. The number of hydrogen-bond acceptors (Lipinski definition) is 9. The number of aromatic nitrogens is 5. The van der Waals surface area contributed by atoms with E-state index in [0.717, 1.165) is 12.3 Å². The molecule has 0 amide bonds. The van der Waals surface area contributed by atoms with E-state index in [1.807, 2.05) is 20.8 Å². The first-order valence-corrected chi connectivity index (χ1v) is 10.3. The standard InChI is InChI=1S/C22H24F3N7O2/c1-21(2,3)12-27-19-30-18(15-7-5-6-13(28-15)11-17(33)34-4)31-20(32-19)29-14-8-9-26-16(10-14)22(23,24)25/h5-10H,11-12H2,1-4H3,(H2,26,27,29,30,31,32). The maximum Gasteiger partial charge on any atom is 0.433 e. The number of pyridine rings is 2. The van der Waals surface area contributed by atoms with Gasteiger partial charge in [-0.2, -0.15) is 28.1 Å². The SMILES string of the molecule is COC(=O)Cc1cccc(-c2nc(NCC(C)(C)C)nc(Nc3ccnc(C(F)(F)F)c3)n2)n1. The van der Waals surface area contributed by atoms with Crippen molar-refractivity contribution in [2.45, 2.75) is 33.4 Å². The highest BCUT2D eigenvalue weighted by Gasteiger charge is 2.32. The Balaban J connectivity index is 1.98. The lowest BCUT2D eigenvalue weighted by Gasteiger charge is -2.19. The van der Waals surface area contributed by atoms with Crippen molar-refractivity contribution in [2.75, 3.05) is 24.3 Å². The van der Waals surface area contributed by atoms with Crippen molar-refractivity contribution in [1.29, 1.82) is 0 Å². The number of methoxy groups -OCH3 is 1. The Labute approximate surface area is 194 Å². The monoisotopic (exact) mass is 475 g/mol. The Morgan fingerprint density at radius 3 is 2.44 bits per heavy atom. The molecule has 34 heavy (non-hydrogen) atoms. The summed E-state index contributed by atoms with van der Waals surface area (Å²) in [6.45, 7) is 6.59. The van der Waals surface area contributed by atoms with Gasteiger partial charge in [-0.1, -0.05) is 26.8 Å². The second-order valence-corrected chi connectivity index (χ2v) is 8.54. The summed E-state index contributed by atoms with van der Waals surface area (Å²) in [6.07, 6.45) is -3.58. The minimum atomic E-state index is -4.59. The lowest BCUT2D eigenvalue weighted by Crippen LogP contribution is -2.21. The Morgan fingerprint density at radius 2 is 1.76 bits per heavy atom. The third kappa shape index (κ3) is 7.09. The minimum absolute atomic E-state index is 0.0147. The van der Waals surface area contributed by atoms with Crippen LogP contribution in [-0.4, -0.2) is 44.5 Å². The molecule has 9 nitrogen and oxygen atoms in total. The predicted molar refractivity (Wildman–Crippen MR) is 119 cm³/mol. The van der Waals surface area contributed by atoms with E-state index < -0.39 is 17.8 Å². The lowest BCUT2D eigenvalue weighted by molar-refractivity contribution is -0.141. The van der Waals surface area contributed by atoms with Crippen molar-refractivity contribution in [1.82, 2.24) is 24.9 Å². The molecule has 3 aromatic rings. The second kappa shape index (κ2) is 9.98. The van der Waals surface area contributed by atoms with Crippen molar-refractivity contribution in [3.63, 3.8) is 0 Å². The van der Waals surface area contributed by atoms with Crippen LogP contribution in [0.3, 0.4) is 0 Å². The Hall–Kier alpha value is -3.83. The van der Waals surface area contributed by atoms with Crippen LogP contribution in [0.1, 0.15) is 32.2 Å². The van der Waals surface area contributed by atoms with Gasteiger partial charge in [0.15, 0.2) is 5.82 Å². The molecular weight excluding hydrogens is 451 g/mol. The fraction of sp³-hybridized carbons (Fsp3) is 0.364. The number of carbonyl (C=O) groups excluding carboxylic acids is 1. The molecule has 0 unspecified atom stereocenters. The number of nitrogens with one attached hydrogen (secondary N) is 2. The summed E-state index contributed by atoms with van der Waals surface area (Å²) in [5.41, 5.74) is -0.223. The van der Waals surface area contributed by atoms with Crippen LogP contribution >= 0.6 is 0 Å². The molecule has 0 bridgehead atoms. The normalized spacial score (nSPS) is 11.7. The Kier molecular flexibility index (Phi) is 7.28. The molecule has 12 heteroatoms. The quantitative estimate of drug-likeness (QED) is 0.484. The first kappa shape index (κ1) is 24.8. The highest BCUT2D eigenvalue weighted by Crippen LogP contribution is 2.29. The molecule has 0 aliphatic rings. The van der Waals surface area contributed by atoms with Crippen molar-refractivity contribution >= 4 is 23.6 Å². The van der Waals surface area contributed by atoms with Gasteiger partial charge in [0.25, 0.3) is 0 Å². The average molecular weight is 475 g/mol. The van der Waals surface area contributed by atoms with Crippen LogP contribution < -0.4 is 10.6 Å². The molecule has 0 atom stereocenters. The number of carbonyl (C=O) groups is 1. The van der Waals surface area contributed by atoms with Crippen molar-refractivity contribution in [2.24, 2.45) is 5.41 Å². The van der Waals surface area contributed by atoms with E-state index in [2.05, 4.69) is 40.3 Å². The molecular formula is C22H24F3N7O2. The number of nitrogens with zero attached hydrogens (tertiary/aromatic N) is 5. The third-order valence-electron chi connectivity index (χ3n) is 4.31. The van der Waals surface area contributed by atoms with Crippen molar-refractivity contribution in [3.8, 4) is 11.5 Å². The van der Waals surface area contributed by atoms with E-state index in [-0.39, 0.29) is 35.2 Å². The molecule has 0 fully saturated rings. The van der Waals surface area contributed by atoms with Crippen LogP contribution in [0.25, 0.3) is 11.5 Å². The van der Waals surface area contributed by atoms with Gasteiger partial charge in [-0.25, -0.2) is 4.98 Å². The van der Waals surface area contributed by atoms with Crippen LogP contribution in [0.15, 0.2) is 36.5 Å². The molecule has 3 rings (SSSR count). The van der Waals surface area contributed by atoms with Crippen LogP contribution in [0, 0.1) is 5.41 Å².